The van der Waals surface area contributed by atoms with Crippen LogP contribution in [-0.4, -0.2) is 51.8 Å². The minimum Gasteiger partial charge on any atom is -0.496 e. The topological polar surface area (TPSA) is 84.0 Å². The molecular formula is C25H34N4O3. The number of hydrogen-bond acceptors (Lipinski definition) is 4. The van der Waals surface area contributed by atoms with Gasteiger partial charge in [0.25, 0.3) is 5.91 Å². The largest absolute Gasteiger partial charge is 0.496 e. The summed E-state index contributed by atoms with van der Waals surface area (Å²) in [6, 6.07) is 14.5. The summed E-state index contributed by atoms with van der Waals surface area (Å²) in [7, 11) is 3.47. The lowest BCUT2D eigenvalue weighted by molar-refractivity contribution is -0.123. The number of nitrogens with zero attached hydrogens (tertiary/aromatic N) is 1. The fourth-order valence-corrected chi connectivity index (χ4v) is 3.29. The predicted molar refractivity (Wildman–Crippen MR) is 128 cm³/mol. The van der Waals surface area contributed by atoms with Crippen LogP contribution in [0.3, 0.4) is 0 Å². The number of nitrogens with one attached hydrogen (secondary N) is 3. The van der Waals surface area contributed by atoms with Crippen LogP contribution in [0.4, 0.5) is 0 Å². The van der Waals surface area contributed by atoms with E-state index in [2.05, 4.69) is 39.1 Å². The molecule has 0 atom stereocenters. The number of hydrogen-bond donors (Lipinski definition) is 3. The fourth-order valence-electron chi connectivity index (χ4n) is 3.29. The number of aliphatic imine (C=N–C) groups is 1. The molecular weight excluding hydrogens is 404 g/mol. The molecule has 1 fully saturated rings. The van der Waals surface area contributed by atoms with Crippen LogP contribution in [0.15, 0.2) is 47.5 Å². The number of rotatable bonds is 11. The highest BCUT2D eigenvalue weighted by Crippen LogP contribution is 2.19. The van der Waals surface area contributed by atoms with Crippen LogP contribution in [0.5, 0.6) is 11.5 Å². The Labute approximate surface area is 190 Å². The second-order valence-electron chi connectivity index (χ2n) is 8.00. The van der Waals surface area contributed by atoms with E-state index in [1.165, 1.54) is 11.1 Å². The molecule has 0 saturated heterocycles. The molecule has 7 nitrogen and oxygen atoms in total. The predicted octanol–water partition coefficient (Wildman–Crippen LogP) is 2.61. The van der Waals surface area contributed by atoms with Gasteiger partial charge in [0.15, 0.2) is 12.6 Å². The Morgan fingerprint density at radius 3 is 2.31 bits per heavy atom. The van der Waals surface area contributed by atoms with Crippen molar-refractivity contribution in [3.05, 3.63) is 59.2 Å². The lowest BCUT2D eigenvalue weighted by atomic mass is 10.1. The number of methoxy groups -OCH3 is 1. The minimum atomic E-state index is -0.0545. The molecule has 172 valence electrons. The Morgan fingerprint density at radius 2 is 1.69 bits per heavy atom. The lowest BCUT2D eigenvalue weighted by Crippen LogP contribution is -2.39. The SMILES string of the molecule is CN=C(NCCc1ccc(OCC(=O)NC2CC2)cc1)NCCc1ccc(C)c(OC)c1. The van der Waals surface area contributed by atoms with Gasteiger partial charge >= 0.3 is 0 Å². The van der Waals surface area contributed by atoms with Gasteiger partial charge in [0.2, 0.25) is 0 Å². The molecule has 0 heterocycles. The standard InChI is InChI=1S/C25H34N4O3/c1-18-4-5-20(16-23(18)31-3)13-15-28-25(26-2)27-14-12-19-6-10-22(11-7-19)32-17-24(30)29-21-8-9-21/h4-7,10-11,16,21H,8-9,12-15,17H2,1-3H3,(H,29,30)(H2,26,27,28). The average molecular weight is 439 g/mol. The summed E-state index contributed by atoms with van der Waals surface area (Å²) in [5.74, 6) is 2.35. The van der Waals surface area contributed by atoms with Gasteiger partial charge in [0.05, 0.1) is 7.11 Å². The van der Waals surface area contributed by atoms with Gasteiger partial charge in [-0.15, -0.1) is 0 Å². The number of guanidine groups is 1. The summed E-state index contributed by atoms with van der Waals surface area (Å²) in [6.07, 6.45) is 3.91. The third-order valence-electron chi connectivity index (χ3n) is 5.34. The first-order valence-electron chi connectivity index (χ1n) is 11.2. The molecule has 7 heteroatoms. The van der Waals surface area contributed by atoms with Crippen LogP contribution >= 0.6 is 0 Å². The molecule has 3 rings (SSSR count). The second-order valence-corrected chi connectivity index (χ2v) is 8.00. The minimum absolute atomic E-state index is 0.0545. The van der Waals surface area contributed by atoms with E-state index in [1.54, 1.807) is 14.2 Å². The van der Waals surface area contributed by atoms with Gasteiger partial charge < -0.3 is 25.4 Å². The first kappa shape index (κ1) is 23.4. The molecule has 0 aliphatic heterocycles. The second kappa shape index (κ2) is 12.0. The Morgan fingerprint density at radius 1 is 1.03 bits per heavy atom. The van der Waals surface area contributed by atoms with E-state index in [1.807, 2.05) is 31.2 Å². The average Bonchev–Trinajstić information content (AvgIpc) is 3.62. The van der Waals surface area contributed by atoms with Crippen molar-refractivity contribution in [1.82, 2.24) is 16.0 Å². The van der Waals surface area contributed by atoms with Crippen molar-refractivity contribution in [2.75, 3.05) is 33.9 Å². The summed E-state index contributed by atoms with van der Waals surface area (Å²) < 4.78 is 10.9. The molecule has 0 bridgehead atoms. The summed E-state index contributed by atoms with van der Waals surface area (Å²) >= 11 is 0. The number of carbonyl (C=O) groups is 1. The van der Waals surface area contributed by atoms with Crippen LogP contribution < -0.4 is 25.4 Å². The summed E-state index contributed by atoms with van der Waals surface area (Å²) in [5, 5.41) is 9.61. The summed E-state index contributed by atoms with van der Waals surface area (Å²) in [5.41, 5.74) is 3.55. The Hall–Kier alpha value is -3.22. The molecule has 2 aromatic rings. The zero-order valence-electron chi connectivity index (χ0n) is 19.2. The number of ether oxygens (including phenoxy) is 2. The molecule has 1 saturated carbocycles. The Balaban J connectivity index is 1.33. The number of amides is 1. The highest BCUT2D eigenvalue weighted by atomic mass is 16.5. The quantitative estimate of drug-likeness (QED) is 0.371. The van der Waals surface area contributed by atoms with Crippen molar-refractivity contribution in [1.29, 1.82) is 0 Å². The first-order valence-corrected chi connectivity index (χ1v) is 11.2. The van der Waals surface area contributed by atoms with Gasteiger partial charge in [0, 0.05) is 26.2 Å². The normalized spacial score (nSPS) is 13.4. The van der Waals surface area contributed by atoms with Gasteiger partial charge in [-0.05, 0) is 67.5 Å². The number of carbonyl (C=O) groups excluding carboxylic acids is 1. The molecule has 1 amide bonds. The van der Waals surface area contributed by atoms with Crippen LogP contribution in [0.2, 0.25) is 0 Å². The zero-order chi connectivity index (χ0) is 22.8. The van der Waals surface area contributed by atoms with E-state index >= 15 is 0 Å². The van der Waals surface area contributed by atoms with Crippen molar-refractivity contribution >= 4 is 11.9 Å². The maximum atomic E-state index is 11.7. The fraction of sp³-hybridized carbons (Fsp3) is 0.440. The highest BCUT2D eigenvalue weighted by molar-refractivity contribution is 5.79. The van der Waals surface area contributed by atoms with E-state index in [0.29, 0.717) is 11.8 Å². The molecule has 1 aliphatic carbocycles. The van der Waals surface area contributed by atoms with Gasteiger partial charge in [-0.1, -0.05) is 24.3 Å². The Bertz CT molecular complexity index is 908. The van der Waals surface area contributed by atoms with Crippen molar-refractivity contribution in [2.24, 2.45) is 4.99 Å². The van der Waals surface area contributed by atoms with E-state index in [-0.39, 0.29) is 12.5 Å². The van der Waals surface area contributed by atoms with E-state index in [9.17, 15) is 4.79 Å². The maximum absolute atomic E-state index is 11.7. The van der Waals surface area contributed by atoms with Crippen LogP contribution in [0.1, 0.15) is 29.5 Å². The summed E-state index contributed by atoms with van der Waals surface area (Å²) in [4.78, 5) is 16.0. The smallest absolute Gasteiger partial charge is 0.258 e. The molecule has 2 aromatic carbocycles. The molecule has 1 aliphatic rings. The summed E-state index contributed by atoms with van der Waals surface area (Å²) in [6.45, 7) is 3.66. The van der Waals surface area contributed by atoms with Crippen LogP contribution in [0.25, 0.3) is 0 Å². The third kappa shape index (κ3) is 7.80. The Kier molecular flexibility index (Phi) is 8.78. The van der Waals surface area contributed by atoms with Gasteiger partial charge in [-0.3, -0.25) is 9.79 Å². The van der Waals surface area contributed by atoms with Crippen LogP contribution in [0, 0.1) is 6.92 Å². The van der Waals surface area contributed by atoms with Crippen molar-refractivity contribution < 1.29 is 14.3 Å². The highest BCUT2D eigenvalue weighted by Gasteiger charge is 2.23. The van der Waals surface area contributed by atoms with Gasteiger partial charge in [-0.25, -0.2) is 0 Å². The molecule has 0 aromatic heterocycles. The van der Waals surface area contributed by atoms with Crippen LogP contribution in [-0.2, 0) is 17.6 Å². The monoisotopic (exact) mass is 438 g/mol. The third-order valence-corrected chi connectivity index (χ3v) is 5.34. The zero-order valence-corrected chi connectivity index (χ0v) is 19.2. The number of aryl methyl sites for hydroxylation is 1. The van der Waals surface area contributed by atoms with Gasteiger partial charge in [0.1, 0.15) is 11.5 Å². The maximum Gasteiger partial charge on any atom is 0.258 e. The van der Waals surface area contributed by atoms with Crippen molar-refractivity contribution in [2.45, 2.75) is 38.6 Å². The molecule has 0 unspecified atom stereocenters. The molecule has 3 N–H and O–H groups in total. The number of benzene rings is 2. The van der Waals surface area contributed by atoms with E-state index in [0.717, 1.165) is 56.0 Å². The molecule has 0 spiro atoms. The van der Waals surface area contributed by atoms with E-state index < -0.39 is 0 Å². The first-order chi connectivity index (χ1) is 15.6. The lowest BCUT2D eigenvalue weighted by Gasteiger charge is -2.13. The van der Waals surface area contributed by atoms with Crippen molar-refractivity contribution in [3.63, 3.8) is 0 Å². The van der Waals surface area contributed by atoms with Gasteiger partial charge in [-0.2, -0.15) is 0 Å². The molecule has 0 radical (unpaired) electrons. The van der Waals surface area contributed by atoms with E-state index in [4.69, 9.17) is 9.47 Å². The van der Waals surface area contributed by atoms with Crippen molar-refractivity contribution in [3.8, 4) is 11.5 Å². The molecule has 32 heavy (non-hydrogen) atoms.